The smallest absolute Gasteiger partial charge is 0.354 e. The van der Waals surface area contributed by atoms with Crippen LogP contribution < -0.4 is 0 Å². The fourth-order valence-corrected chi connectivity index (χ4v) is 3.45. The lowest BCUT2D eigenvalue weighted by molar-refractivity contribution is 0.0476. The molecule has 0 aliphatic carbocycles. The number of rotatable bonds is 4. The normalized spacial score (nSPS) is 14.5. The first-order valence-electron chi connectivity index (χ1n) is 7.62. The summed E-state index contributed by atoms with van der Waals surface area (Å²) < 4.78 is 7.05. The molecule has 0 spiro atoms. The summed E-state index contributed by atoms with van der Waals surface area (Å²) in [6, 6.07) is 5.08. The average molecular weight is 358 g/mol. The number of nitrogens with zero attached hydrogens (tertiary/aromatic N) is 4. The van der Waals surface area contributed by atoms with Gasteiger partial charge in [-0.1, -0.05) is 6.07 Å². The average Bonchev–Trinajstić information content (AvgIpc) is 3.25. The van der Waals surface area contributed by atoms with E-state index in [-0.39, 0.29) is 17.6 Å². The maximum Gasteiger partial charge on any atom is 0.354 e. The monoisotopic (exact) mass is 358 g/mol. The number of hydrogen-bond acceptors (Lipinski definition) is 6. The third kappa shape index (κ3) is 2.62. The Labute approximate surface area is 146 Å². The molecule has 1 aliphatic heterocycles. The summed E-state index contributed by atoms with van der Waals surface area (Å²) in [5, 5.41) is 15.1. The van der Waals surface area contributed by atoms with E-state index in [0.29, 0.717) is 30.4 Å². The molecule has 0 radical (unpaired) electrons. The number of carboxylic acids is 1. The molecule has 0 aromatic carbocycles. The zero-order chi connectivity index (χ0) is 17.6. The minimum absolute atomic E-state index is 0.120. The van der Waals surface area contributed by atoms with Crippen molar-refractivity contribution in [3.8, 4) is 10.8 Å². The third-order valence-corrected chi connectivity index (χ3v) is 4.97. The van der Waals surface area contributed by atoms with Crippen molar-refractivity contribution in [3.05, 3.63) is 46.9 Å². The number of likely N-dealkylation sites (tertiary alicyclic amines) is 1. The number of thiophene rings is 1. The highest BCUT2D eigenvalue weighted by Gasteiger charge is 2.36. The van der Waals surface area contributed by atoms with Crippen LogP contribution in [0, 0.1) is 6.92 Å². The highest BCUT2D eigenvalue weighted by Crippen LogP contribution is 2.29. The minimum atomic E-state index is -1.03. The topological polar surface area (TPSA) is 101 Å². The fourth-order valence-electron chi connectivity index (χ4n) is 2.80. The van der Waals surface area contributed by atoms with E-state index in [4.69, 9.17) is 9.52 Å². The van der Waals surface area contributed by atoms with Gasteiger partial charge in [0.05, 0.1) is 10.9 Å². The van der Waals surface area contributed by atoms with Crippen LogP contribution in [0.4, 0.5) is 0 Å². The van der Waals surface area contributed by atoms with Crippen LogP contribution >= 0.6 is 11.3 Å². The van der Waals surface area contributed by atoms with Gasteiger partial charge in [0.1, 0.15) is 11.5 Å². The molecule has 9 heteroatoms. The van der Waals surface area contributed by atoms with Gasteiger partial charge in [-0.05, 0) is 24.4 Å². The number of hydrogen-bond donors (Lipinski definition) is 1. The molecule has 1 aliphatic rings. The van der Waals surface area contributed by atoms with Crippen molar-refractivity contribution in [2.24, 2.45) is 0 Å². The second-order valence-electron chi connectivity index (χ2n) is 5.73. The summed E-state index contributed by atoms with van der Waals surface area (Å²) >= 11 is 1.49. The molecule has 0 unspecified atom stereocenters. The molecule has 25 heavy (non-hydrogen) atoms. The van der Waals surface area contributed by atoms with Crippen LogP contribution in [0.25, 0.3) is 10.8 Å². The first kappa shape index (κ1) is 15.6. The molecule has 1 N–H and O–H groups in total. The molecular weight excluding hydrogens is 344 g/mol. The zero-order valence-electron chi connectivity index (χ0n) is 13.2. The summed E-state index contributed by atoms with van der Waals surface area (Å²) in [7, 11) is 0. The van der Waals surface area contributed by atoms with Gasteiger partial charge in [-0.3, -0.25) is 9.48 Å². The Balaban J connectivity index is 1.49. The van der Waals surface area contributed by atoms with Gasteiger partial charge in [0.15, 0.2) is 5.69 Å². The Bertz CT molecular complexity index is 937. The van der Waals surface area contributed by atoms with Gasteiger partial charge in [0, 0.05) is 19.3 Å². The lowest BCUT2D eigenvalue weighted by Gasteiger charge is -2.39. The molecule has 8 nitrogen and oxygen atoms in total. The number of aromatic carboxylic acids is 1. The first-order chi connectivity index (χ1) is 12.0. The number of aromatic nitrogens is 3. The van der Waals surface area contributed by atoms with Crippen LogP contribution in [-0.2, 0) is 0 Å². The third-order valence-electron chi connectivity index (χ3n) is 4.12. The van der Waals surface area contributed by atoms with Crippen LogP contribution in [0.3, 0.4) is 0 Å². The van der Waals surface area contributed by atoms with Crippen molar-refractivity contribution in [2.45, 2.75) is 13.0 Å². The molecule has 3 aromatic rings. The second-order valence-corrected chi connectivity index (χ2v) is 6.68. The SMILES string of the molecule is Cc1oc(-c2cccs2)nc1C(=O)N1CC(n2nccc2C(=O)O)C1. The van der Waals surface area contributed by atoms with Gasteiger partial charge in [-0.15, -0.1) is 11.3 Å². The maximum absolute atomic E-state index is 12.6. The first-order valence-corrected chi connectivity index (χ1v) is 8.50. The van der Waals surface area contributed by atoms with Crippen LogP contribution in [-0.4, -0.2) is 49.7 Å². The standard InChI is InChI=1S/C16H14N4O4S/c1-9-13(18-14(24-9)12-3-2-6-25-12)15(21)19-7-10(8-19)20-11(16(22)23)4-5-17-20/h2-6,10H,7-8H2,1H3,(H,22,23). The van der Waals surface area contributed by atoms with Crippen molar-refractivity contribution in [1.82, 2.24) is 19.7 Å². The highest BCUT2D eigenvalue weighted by atomic mass is 32.1. The Morgan fingerprint density at radius 3 is 2.84 bits per heavy atom. The van der Waals surface area contributed by atoms with Crippen LogP contribution in [0.1, 0.15) is 32.8 Å². The molecular formula is C16H14N4O4S. The Morgan fingerprint density at radius 1 is 1.36 bits per heavy atom. The molecule has 0 bridgehead atoms. The summed E-state index contributed by atoms with van der Waals surface area (Å²) in [5.74, 6) is -0.338. The Kier molecular flexibility index (Phi) is 3.65. The summed E-state index contributed by atoms with van der Waals surface area (Å²) in [6.07, 6.45) is 1.45. The molecule has 128 valence electrons. The Morgan fingerprint density at radius 2 is 2.16 bits per heavy atom. The minimum Gasteiger partial charge on any atom is -0.477 e. The van der Waals surface area contributed by atoms with Crippen LogP contribution in [0.15, 0.2) is 34.2 Å². The lowest BCUT2D eigenvalue weighted by Crippen LogP contribution is -2.51. The van der Waals surface area contributed by atoms with E-state index in [2.05, 4.69) is 10.1 Å². The number of carbonyl (C=O) groups is 2. The number of carboxylic acid groups (broad SMARTS) is 1. The highest BCUT2D eigenvalue weighted by molar-refractivity contribution is 7.13. The van der Waals surface area contributed by atoms with Crippen LogP contribution in [0.2, 0.25) is 0 Å². The van der Waals surface area contributed by atoms with E-state index in [0.717, 1.165) is 4.88 Å². The van der Waals surface area contributed by atoms with Crippen molar-refractivity contribution in [3.63, 3.8) is 0 Å². The number of carbonyl (C=O) groups excluding carboxylic acids is 1. The number of amides is 1. The van der Waals surface area contributed by atoms with Crippen molar-refractivity contribution in [1.29, 1.82) is 0 Å². The van der Waals surface area contributed by atoms with Crippen molar-refractivity contribution in [2.75, 3.05) is 13.1 Å². The molecule has 1 amide bonds. The molecule has 0 saturated carbocycles. The van der Waals surface area contributed by atoms with Gasteiger partial charge in [-0.25, -0.2) is 9.78 Å². The second kappa shape index (κ2) is 5.85. The predicted molar refractivity (Wildman–Crippen MR) is 88.7 cm³/mol. The summed E-state index contributed by atoms with van der Waals surface area (Å²) in [6.45, 7) is 2.49. The largest absolute Gasteiger partial charge is 0.477 e. The van der Waals surface area contributed by atoms with E-state index < -0.39 is 5.97 Å². The lowest BCUT2D eigenvalue weighted by atomic mass is 10.1. The quantitative estimate of drug-likeness (QED) is 0.768. The summed E-state index contributed by atoms with van der Waals surface area (Å²) in [4.78, 5) is 30.6. The van der Waals surface area contributed by atoms with E-state index in [1.807, 2.05) is 17.5 Å². The van der Waals surface area contributed by atoms with Gasteiger partial charge >= 0.3 is 5.97 Å². The fraction of sp³-hybridized carbons (Fsp3) is 0.250. The van der Waals surface area contributed by atoms with E-state index in [1.165, 1.54) is 28.3 Å². The van der Waals surface area contributed by atoms with Gasteiger partial charge in [0.2, 0.25) is 5.89 Å². The Hall–Kier alpha value is -2.94. The van der Waals surface area contributed by atoms with E-state index in [1.54, 1.807) is 11.8 Å². The molecule has 4 heterocycles. The van der Waals surface area contributed by atoms with Crippen LogP contribution in [0.5, 0.6) is 0 Å². The zero-order valence-corrected chi connectivity index (χ0v) is 14.1. The maximum atomic E-state index is 12.6. The van der Waals surface area contributed by atoms with E-state index >= 15 is 0 Å². The van der Waals surface area contributed by atoms with Crippen molar-refractivity contribution >= 4 is 23.2 Å². The summed E-state index contributed by atoms with van der Waals surface area (Å²) in [5.41, 5.74) is 0.412. The van der Waals surface area contributed by atoms with Crippen molar-refractivity contribution < 1.29 is 19.1 Å². The molecule has 3 aromatic heterocycles. The molecule has 1 saturated heterocycles. The number of oxazole rings is 1. The van der Waals surface area contributed by atoms with Gasteiger partial charge in [-0.2, -0.15) is 5.10 Å². The molecule has 4 rings (SSSR count). The van der Waals surface area contributed by atoms with E-state index in [9.17, 15) is 9.59 Å². The van der Waals surface area contributed by atoms with Gasteiger partial charge in [0.25, 0.3) is 5.91 Å². The molecule has 1 fully saturated rings. The predicted octanol–water partition coefficient (Wildman–Crippen LogP) is 2.30. The van der Waals surface area contributed by atoms with Gasteiger partial charge < -0.3 is 14.4 Å². The number of aryl methyl sites for hydroxylation is 1. The molecule has 0 atom stereocenters.